The Bertz CT molecular complexity index is 412. The van der Waals surface area contributed by atoms with E-state index in [1.807, 2.05) is 0 Å². The third kappa shape index (κ3) is 0.920. The predicted octanol–water partition coefficient (Wildman–Crippen LogP) is 0.966. The predicted molar refractivity (Wildman–Crippen MR) is 40.4 cm³/mol. The molecular weight excluding hydrogens is 142 g/mol. The lowest BCUT2D eigenvalue weighted by Gasteiger charge is -1.95. The monoisotopic (exact) mass is 150 g/mol. The largest absolute Gasteiger partial charge is 0.481 e. The Morgan fingerprint density at radius 1 is 1.64 bits per heavy atom. The van der Waals surface area contributed by atoms with Crippen molar-refractivity contribution in [1.29, 1.82) is 0 Å². The van der Waals surface area contributed by atoms with Gasteiger partial charge >= 0.3 is 0 Å². The van der Waals surface area contributed by atoms with Crippen molar-refractivity contribution in [3.8, 4) is 5.88 Å². The van der Waals surface area contributed by atoms with Crippen molar-refractivity contribution in [2.75, 3.05) is 7.11 Å². The van der Waals surface area contributed by atoms with Gasteiger partial charge in [0.1, 0.15) is 1.37 Å². The van der Waals surface area contributed by atoms with Crippen LogP contribution in [0.25, 0.3) is 11.0 Å². The third-order valence-corrected chi connectivity index (χ3v) is 1.43. The smallest absolute Gasteiger partial charge is 0.215 e. The standard InChI is InChI=1S/C7H7N3O/c1-11-7-2-5-6(3-8-7)10-4-9-5/h2-4H,1H3,(H,9,10)/i4D. The number of imidazole rings is 1. The Morgan fingerprint density at radius 3 is 3.36 bits per heavy atom. The van der Waals surface area contributed by atoms with Gasteiger partial charge in [0.2, 0.25) is 5.88 Å². The molecule has 2 heterocycles. The maximum Gasteiger partial charge on any atom is 0.215 e. The second-order valence-corrected chi connectivity index (χ2v) is 2.09. The van der Waals surface area contributed by atoms with E-state index in [1.54, 1.807) is 19.4 Å². The fourth-order valence-electron chi connectivity index (χ4n) is 0.875. The summed E-state index contributed by atoms with van der Waals surface area (Å²) in [6.07, 6.45) is 1.74. The van der Waals surface area contributed by atoms with Gasteiger partial charge in [-0.15, -0.1) is 0 Å². The molecule has 0 atom stereocenters. The van der Waals surface area contributed by atoms with E-state index in [-0.39, 0.29) is 6.30 Å². The minimum Gasteiger partial charge on any atom is -0.481 e. The summed E-state index contributed by atoms with van der Waals surface area (Å²) in [6, 6.07) is 1.68. The highest BCUT2D eigenvalue weighted by atomic mass is 16.5. The molecule has 4 heteroatoms. The molecule has 2 aromatic rings. The number of methoxy groups -OCH3 is 1. The van der Waals surface area contributed by atoms with Gasteiger partial charge in [0.05, 0.1) is 30.6 Å². The summed E-state index contributed by atoms with van der Waals surface area (Å²) in [7, 11) is 1.54. The molecule has 0 aliphatic carbocycles. The van der Waals surface area contributed by atoms with E-state index >= 15 is 0 Å². The molecule has 0 bridgehead atoms. The van der Waals surface area contributed by atoms with E-state index in [9.17, 15) is 0 Å². The van der Waals surface area contributed by atoms with E-state index in [0.717, 1.165) is 5.52 Å². The summed E-state index contributed by atoms with van der Waals surface area (Å²) in [4.78, 5) is 10.6. The molecule has 2 aromatic heterocycles. The zero-order chi connectivity index (χ0) is 8.55. The second kappa shape index (κ2) is 2.23. The van der Waals surface area contributed by atoms with Crippen molar-refractivity contribution in [3.05, 3.63) is 18.6 Å². The zero-order valence-electron chi connectivity index (χ0n) is 6.96. The number of pyridine rings is 1. The van der Waals surface area contributed by atoms with Crippen LogP contribution in [0.15, 0.2) is 18.6 Å². The molecule has 0 saturated heterocycles. The summed E-state index contributed by atoms with van der Waals surface area (Å²) in [5.74, 6) is 0.508. The number of hydrogen-bond donors (Lipinski definition) is 1. The molecule has 0 amide bonds. The highest BCUT2D eigenvalue weighted by Crippen LogP contribution is 2.12. The van der Waals surface area contributed by atoms with Crippen LogP contribution in [-0.4, -0.2) is 22.1 Å². The molecular formula is C7H7N3O. The molecule has 56 valence electrons. The Kier molecular flexibility index (Phi) is 1.04. The Morgan fingerprint density at radius 2 is 2.55 bits per heavy atom. The van der Waals surface area contributed by atoms with Crippen molar-refractivity contribution < 1.29 is 6.11 Å². The SMILES string of the molecule is [2H]c1nc2cc(OC)ncc2[nH]1. The number of fused-ring (bicyclic) bond motifs is 1. The molecule has 2 rings (SSSR count). The summed E-state index contributed by atoms with van der Waals surface area (Å²) < 4.78 is 12.1. The van der Waals surface area contributed by atoms with Gasteiger partial charge in [-0.05, 0) is 0 Å². The number of aromatic amines is 1. The van der Waals surface area contributed by atoms with Crippen LogP contribution in [-0.2, 0) is 0 Å². The zero-order valence-corrected chi connectivity index (χ0v) is 5.96. The van der Waals surface area contributed by atoms with Crippen LogP contribution in [0.3, 0.4) is 0 Å². The summed E-state index contributed by atoms with van der Waals surface area (Å²) >= 11 is 0. The molecule has 11 heavy (non-hydrogen) atoms. The number of rotatable bonds is 1. The first kappa shape index (κ1) is 5.12. The number of nitrogens with one attached hydrogen (secondary N) is 1. The number of hydrogen-bond acceptors (Lipinski definition) is 3. The quantitative estimate of drug-likeness (QED) is 0.658. The molecule has 0 saturated carbocycles. The average Bonchev–Trinajstić information content (AvgIpc) is 2.43. The van der Waals surface area contributed by atoms with E-state index in [4.69, 9.17) is 6.11 Å². The van der Waals surface area contributed by atoms with Crippen LogP contribution in [0, 0.1) is 0 Å². The molecule has 4 nitrogen and oxygen atoms in total. The first-order valence-corrected chi connectivity index (χ1v) is 3.16. The molecule has 0 aliphatic heterocycles. The van der Waals surface area contributed by atoms with Crippen LogP contribution < -0.4 is 4.74 Å². The molecule has 0 radical (unpaired) electrons. The third-order valence-electron chi connectivity index (χ3n) is 1.43. The maximum atomic E-state index is 7.22. The van der Waals surface area contributed by atoms with Gasteiger partial charge in [0, 0.05) is 6.07 Å². The van der Waals surface area contributed by atoms with Gasteiger partial charge in [-0.3, -0.25) is 0 Å². The van der Waals surface area contributed by atoms with Gasteiger partial charge in [-0.2, -0.15) is 0 Å². The van der Waals surface area contributed by atoms with Crippen molar-refractivity contribution in [1.82, 2.24) is 15.0 Å². The van der Waals surface area contributed by atoms with Crippen molar-refractivity contribution in [2.24, 2.45) is 0 Å². The van der Waals surface area contributed by atoms with Gasteiger partial charge in [-0.25, -0.2) is 9.97 Å². The van der Waals surface area contributed by atoms with Gasteiger partial charge in [0.15, 0.2) is 0 Å². The Hall–Kier alpha value is -1.58. The Balaban J connectivity index is 2.66. The van der Waals surface area contributed by atoms with E-state index in [0.29, 0.717) is 11.4 Å². The highest BCUT2D eigenvalue weighted by molar-refractivity contribution is 5.74. The molecule has 0 fully saturated rings. The van der Waals surface area contributed by atoms with Crippen LogP contribution in [0.5, 0.6) is 5.88 Å². The molecule has 1 N–H and O–H groups in total. The van der Waals surface area contributed by atoms with Crippen LogP contribution >= 0.6 is 0 Å². The number of H-pyrrole nitrogens is 1. The van der Waals surface area contributed by atoms with Crippen LogP contribution in [0.2, 0.25) is 0 Å². The number of aromatic nitrogens is 3. The first-order chi connectivity index (χ1) is 5.79. The van der Waals surface area contributed by atoms with E-state index < -0.39 is 0 Å². The summed E-state index contributed by atoms with van der Waals surface area (Å²) in [5.41, 5.74) is 1.45. The van der Waals surface area contributed by atoms with Gasteiger partial charge in [0.25, 0.3) is 0 Å². The first-order valence-electron chi connectivity index (χ1n) is 3.66. The fraction of sp³-hybridized carbons (Fsp3) is 0.143. The molecule has 0 aliphatic rings. The van der Waals surface area contributed by atoms with Crippen LogP contribution in [0.4, 0.5) is 0 Å². The Labute approximate surface area is 64.6 Å². The second-order valence-electron chi connectivity index (χ2n) is 2.09. The topological polar surface area (TPSA) is 50.8 Å². The normalized spacial score (nSPS) is 11.5. The average molecular weight is 150 g/mol. The lowest BCUT2D eigenvalue weighted by Crippen LogP contribution is -1.85. The van der Waals surface area contributed by atoms with Gasteiger partial charge in [-0.1, -0.05) is 0 Å². The molecule has 0 unspecified atom stereocenters. The highest BCUT2D eigenvalue weighted by Gasteiger charge is 1.97. The van der Waals surface area contributed by atoms with Crippen molar-refractivity contribution in [3.63, 3.8) is 0 Å². The summed E-state index contributed by atoms with van der Waals surface area (Å²) in [5, 5.41) is 0. The van der Waals surface area contributed by atoms with Crippen molar-refractivity contribution >= 4 is 11.0 Å². The summed E-state index contributed by atoms with van der Waals surface area (Å²) in [6.45, 7) is 0. The lowest BCUT2D eigenvalue weighted by atomic mass is 10.4. The van der Waals surface area contributed by atoms with Gasteiger partial charge < -0.3 is 9.72 Å². The minimum absolute atomic E-state index is 0.139. The lowest BCUT2D eigenvalue weighted by molar-refractivity contribution is 0.398. The fourth-order valence-corrected chi connectivity index (χ4v) is 0.875. The number of nitrogens with zero attached hydrogens (tertiary/aromatic N) is 2. The number of ether oxygens (including phenoxy) is 1. The maximum absolute atomic E-state index is 7.22. The van der Waals surface area contributed by atoms with Crippen molar-refractivity contribution in [2.45, 2.75) is 0 Å². The van der Waals surface area contributed by atoms with E-state index in [2.05, 4.69) is 15.0 Å². The molecule has 0 spiro atoms. The molecule has 0 aromatic carbocycles. The van der Waals surface area contributed by atoms with Crippen LogP contribution in [0.1, 0.15) is 1.37 Å². The van der Waals surface area contributed by atoms with E-state index in [1.165, 1.54) is 0 Å². The minimum atomic E-state index is 0.139.